The molecule has 2 N–H and O–H groups in total. The van der Waals surface area contributed by atoms with Crippen molar-refractivity contribution in [2.24, 2.45) is 0 Å². The SMILES string of the molecule is O=S(=O)(NCCNc1ccc(-n2cccn2)nn1)c1ccccc1C(F)(F)F. The lowest BCUT2D eigenvalue weighted by Crippen LogP contribution is -2.30. The van der Waals surface area contributed by atoms with E-state index in [1.807, 2.05) is 0 Å². The van der Waals surface area contributed by atoms with Gasteiger partial charge in [0.25, 0.3) is 0 Å². The van der Waals surface area contributed by atoms with Gasteiger partial charge in [0.2, 0.25) is 10.0 Å². The van der Waals surface area contributed by atoms with Crippen molar-refractivity contribution in [3.05, 3.63) is 60.4 Å². The van der Waals surface area contributed by atoms with Crippen molar-refractivity contribution >= 4 is 15.8 Å². The minimum Gasteiger partial charge on any atom is -0.367 e. The molecule has 0 atom stereocenters. The number of alkyl halides is 3. The molecular formula is C16H15F3N6O2S. The van der Waals surface area contributed by atoms with Crippen LogP contribution in [0.3, 0.4) is 0 Å². The predicted molar refractivity (Wildman–Crippen MR) is 94.3 cm³/mol. The number of hydrogen-bond donors (Lipinski definition) is 2. The summed E-state index contributed by atoms with van der Waals surface area (Å²) in [5, 5.41) is 14.7. The van der Waals surface area contributed by atoms with Crippen molar-refractivity contribution in [2.45, 2.75) is 11.1 Å². The van der Waals surface area contributed by atoms with Gasteiger partial charge in [-0.25, -0.2) is 17.8 Å². The number of benzene rings is 1. The zero-order valence-corrected chi connectivity index (χ0v) is 15.1. The first-order valence-electron chi connectivity index (χ1n) is 8.01. The molecule has 0 amide bonds. The molecule has 0 saturated heterocycles. The Bertz CT molecular complexity index is 1020. The summed E-state index contributed by atoms with van der Waals surface area (Å²) >= 11 is 0. The van der Waals surface area contributed by atoms with Crippen molar-refractivity contribution in [3.63, 3.8) is 0 Å². The lowest BCUT2D eigenvalue weighted by molar-refractivity contribution is -0.139. The highest BCUT2D eigenvalue weighted by Crippen LogP contribution is 2.33. The average molecular weight is 412 g/mol. The Labute approximate surface area is 158 Å². The van der Waals surface area contributed by atoms with E-state index in [9.17, 15) is 21.6 Å². The molecule has 8 nitrogen and oxygen atoms in total. The molecule has 0 aliphatic heterocycles. The van der Waals surface area contributed by atoms with Crippen molar-refractivity contribution < 1.29 is 21.6 Å². The van der Waals surface area contributed by atoms with Crippen LogP contribution in [-0.2, 0) is 16.2 Å². The molecule has 0 saturated carbocycles. The third-order valence-corrected chi connectivity index (χ3v) is 5.11. The fourth-order valence-electron chi connectivity index (χ4n) is 2.33. The zero-order chi connectivity index (χ0) is 20.2. The molecule has 28 heavy (non-hydrogen) atoms. The van der Waals surface area contributed by atoms with Crippen LogP contribution >= 0.6 is 0 Å². The molecule has 2 heterocycles. The minimum atomic E-state index is -4.77. The van der Waals surface area contributed by atoms with Crippen LogP contribution in [0.5, 0.6) is 0 Å². The van der Waals surface area contributed by atoms with Gasteiger partial charge in [0.1, 0.15) is 5.82 Å². The number of hydrogen-bond acceptors (Lipinski definition) is 6. The van der Waals surface area contributed by atoms with Gasteiger partial charge in [0.05, 0.1) is 10.5 Å². The van der Waals surface area contributed by atoms with Gasteiger partial charge in [-0.2, -0.15) is 18.3 Å². The van der Waals surface area contributed by atoms with E-state index in [4.69, 9.17) is 0 Å². The van der Waals surface area contributed by atoms with Crippen LogP contribution in [0.2, 0.25) is 0 Å². The second-order valence-corrected chi connectivity index (χ2v) is 7.28. The van der Waals surface area contributed by atoms with E-state index < -0.39 is 26.7 Å². The first-order valence-corrected chi connectivity index (χ1v) is 9.49. The second kappa shape index (κ2) is 7.94. The highest BCUT2D eigenvalue weighted by atomic mass is 32.2. The Kier molecular flexibility index (Phi) is 5.61. The summed E-state index contributed by atoms with van der Waals surface area (Å²) in [6, 6.07) is 9.02. The maximum Gasteiger partial charge on any atom is 0.417 e. The Morgan fingerprint density at radius 1 is 1.00 bits per heavy atom. The number of nitrogens with zero attached hydrogens (tertiary/aromatic N) is 4. The normalized spacial score (nSPS) is 12.1. The quantitative estimate of drug-likeness (QED) is 0.576. The fraction of sp³-hybridized carbons (Fsp3) is 0.188. The average Bonchev–Trinajstić information content (AvgIpc) is 3.20. The van der Waals surface area contributed by atoms with Crippen molar-refractivity contribution in [1.29, 1.82) is 0 Å². The highest BCUT2D eigenvalue weighted by molar-refractivity contribution is 7.89. The predicted octanol–water partition coefficient (Wildman–Crippen LogP) is 2.07. The summed E-state index contributed by atoms with van der Waals surface area (Å²) in [6.07, 6.45) is -1.48. The summed E-state index contributed by atoms with van der Waals surface area (Å²) in [5.41, 5.74) is -1.21. The molecule has 12 heteroatoms. The third-order valence-electron chi connectivity index (χ3n) is 3.59. The van der Waals surface area contributed by atoms with Crippen LogP contribution < -0.4 is 10.0 Å². The first kappa shape index (κ1) is 19.8. The van der Waals surface area contributed by atoms with E-state index in [2.05, 4.69) is 25.3 Å². The lowest BCUT2D eigenvalue weighted by atomic mass is 10.2. The lowest BCUT2D eigenvalue weighted by Gasteiger charge is -2.14. The van der Waals surface area contributed by atoms with E-state index in [1.165, 1.54) is 10.7 Å². The molecule has 0 bridgehead atoms. The molecule has 0 spiro atoms. The number of nitrogens with one attached hydrogen (secondary N) is 2. The maximum atomic E-state index is 13.0. The van der Waals surface area contributed by atoms with Gasteiger partial charge in [-0.15, -0.1) is 10.2 Å². The highest BCUT2D eigenvalue weighted by Gasteiger charge is 2.36. The summed E-state index contributed by atoms with van der Waals surface area (Å²) in [4.78, 5) is -0.814. The second-order valence-electron chi connectivity index (χ2n) is 5.55. The molecular weight excluding hydrogens is 397 g/mol. The summed E-state index contributed by atoms with van der Waals surface area (Å²) in [6.45, 7) is -0.0413. The van der Waals surface area contributed by atoms with E-state index in [0.29, 0.717) is 11.6 Å². The van der Waals surface area contributed by atoms with E-state index in [1.54, 1.807) is 30.6 Å². The molecule has 0 aliphatic rings. The Balaban J connectivity index is 1.58. The Hall–Kier alpha value is -2.99. The van der Waals surface area contributed by atoms with Crippen LogP contribution in [0.25, 0.3) is 5.82 Å². The van der Waals surface area contributed by atoms with Crippen LogP contribution in [0.4, 0.5) is 19.0 Å². The number of rotatable bonds is 7. The largest absolute Gasteiger partial charge is 0.417 e. The number of halogens is 3. The molecule has 0 radical (unpaired) electrons. The van der Waals surface area contributed by atoms with Gasteiger partial charge in [0.15, 0.2) is 5.82 Å². The summed E-state index contributed by atoms with van der Waals surface area (Å²) in [5.74, 6) is 0.880. The molecule has 1 aromatic carbocycles. The summed E-state index contributed by atoms with van der Waals surface area (Å²) in [7, 11) is -4.32. The minimum absolute atomic E-state index is 0.100. The van der Waals surface area contributed by atoms with Gasteiger partial charge in [-0.1, -0.05) is 12.1 Å². The van der Waals surface area contributed by atoms with Crippen LogP contribution in [0.15, 0.2) is 59.8 Å². The smallest absolute Gasteiger partial charge is 0.367 e. The van der Waals surface area contributed by atoms with Crippen molar-refractivity contribution in [1.82, 2.24) is 24.7 Å². The molecule has 148 valence electrons. The van der Waals surface area contributed by atoms with Gasteiger partial charge in [-0.3, -0.25) is 0 Å². The fourth-order valence-corrected chi connectivity index (χ4v) is 3.59. The third kappa shape index (κ3) is 4.64. The Morgan fingerprint density at radius 2 is 1.79 bits per heavy atom. The molecule has 0 fully saturated rings. The molecule has 0 aliphatic carbocycles. The van der Waals surface area contributed by atoms with E-state index in [0.717, 1.165) is 18.2 Å². The maximum absolute atomic E-state index is 13.0. The van der Waals surface area contributed by atoms with Crippen LogP contribution in [0, 0.1) is 0 Å². The zero-order valence-electron chi connectivity index (χ0n) is 14.3. The van der Waals surface area contributed by atoms with Gasteiger partial charge in [0, 0.05) is 25.5 Å². The van der Waals surface area contributed by atoms with Gasteiger partial charge >= 0.3 is 6.18 Å². The number of anilines is 1. The van der Waals surface area contributed by atoms with E-state index >= 15 is 0 Å². The Morgan fingerprint density at radius 3 is 2.43 bits per heavy atom. The molecule has 2 aromatic heterocycles. The monoisotopic (exact) mass is 412 g/mol. The van der Waals surface area contributed by atoms with Gasteiger partial charge < -0.3 is 5.32 Å². The van der Waals surface area contributed by atoms with Crippen LogP contribution in [-0.4, -0.2) is 41.5 Å². The van der Waals surface area contributed by atoms with Crippen molar-refractivity contribution in [2.75, 3.05) is 18.4 Å². The molecule has 3 aromatic rings. The molecule has 3 rings (SSSR count). The van der Waals surface area contributed by atoms with Crippen LogP contribution in [0.1, 0.15) is 5.56 Å². The molecule has 0 unspecified atom stereocenters. The standard InChI is InChI=1S/C16H15F3N6O2S/c17-16(18,19)12-4-1-2-5-13(12)28(26,27)22-10-9-20-14-6-7-15(24-23-14)25-11-3-8-21-25/h1-8,11,22H,9-10H2,(H,20,23). The number of sulfonamides is 1. The van der Waals surface area contributed by atoms with Crippen molar-refractivity contribution in [3.8, 4) is 5.82 Å². The topological polar surface area (TPSA) is 102 Å². The summed E-state index contributed by atoms with van der Waals surface area (Å²) < 4.78 is 67.1. The number of aromatic nitrogens is 4. The van der Waals surface area contributed by atoms with E-state index in [-0.39, 0.29) is 13.1 Å². The van der Waals surface area contributed by atoms with Gasteiger partial charge in [-0.05, 0) is 30.3 Å². The first-order chi connectivity index (χ1) is 13.3.